The molecule has 1 aliphatic rings. The van der Waals surface area contributed by atoms with Crippen molar-refractivity contribution in [2.75, 3.05) is 26.2 Å². The second kappa shape index (κ2) is 7.92. The van der Waals surface area contributed by atoms with Crippen molar-refractivity contribution in [2.45, 2.75) is 25.9 Å². The average Bonchev–Trinajstić information content (AvgIpc) is 2.58. The molecule has 3 rings (SSSR count). The first-order chi connectivity index (χ1) is 11.3. The van der Waals surface area contributed by atoms with Crippen molar-refractivity contribution in [2.24, 2.45) is 0 Å². The molecule has 0 unspecified atom stereocenters. The van der Waals surface area contributed by atoms with Crippen LogP contribution in [-0.2, 0) is 0 Å². The fourth-order valence-electron chi connectivity index (χ4n) is 2.73. The highest BCUT2D eigenvalue weighted by Crippen LogP contribution is 2.17. The Bertz CT molecular complexity index is 598. The molecule has 1 fully saturated rings. The van der Waals surface area contributed by atoms with E-state index in [2.05, 4.69) is 14.9 Å². The molecule has 1 aromatic heterocycles. The van der Waals surface area contributed by atoms with Crippen LogP contribution in [0.3, 0.4) is 0 Å². The maximum Gasteiger partial charge on any atom is 0.232 e. The highest BCUT2D eigenvalue weighted by Gasteiger charge is 2.20. The Morgan fingerprint density at radius 3 is 2.65 bits per heavy atom. The van der Waals surface area contributed by atoms with Crippen molar-refractivity contribution in [1.82, 2.24) is 14.9 Å². The third kappa shape index (κ3) is 4.93. The lowest BCUT2D eigenvalue weighted by Crippen LogP contribution is -2.40. The van der Waals surface area contributed by atoms with E-state index in [1.54, 1.807) is 12.4 Å². The van der Waals surface area contributed by atoms with Crippen molar-refractivity contribution in [3.8, 4) is 11.6 Å². The van der Waals surface area contributed by atoms with Crippen LogP contribution in [0.1, 0.15) is 18.5 Å². The Morgan fingerprint density at radius 1 is 1.13 bits per heavy atom. The first-order valence-electron chi connectivity index (χ1n) is 8.15. The first kappa shape index (κ1) is 15.7. The molecule has 5 heteroatoms. The van der Waals surface area contributed by atoms with E-state index in [1.807, 2.05) is 37.3 Å². The number of rotatable bonds is 6. The molecule has 2 heterocycles. The van der Waals surface area contributed by atoms with Gasteiger partial charge in [-0.3, -0.25) is 9.88 Å². The van der Waals surface area contributed by atoms with Gasteiger partial charge in [-0.15, -0.1) is 0 Å². The zero-order chi connectivity index (χ0) is 15.9. The molecule has 1 saturated heterocycles. The largest absolute Gasteiger partial charge is 0.492 e. The number of hydrogen-bond acceptors (Lipinski definition) is 5. The van der Waals surface area contributed by atoms with Crippen LogP contribution < -0.4 is 9.47 Å². The average molecular weight is 313 g/mol. The zero-order valence-electron chi connectivity index (χ0n) is 13.5. The van der Waals surface area contributed by atoms with Crippen LogP contribution in [0.25, 0.3) is 0 Å². The van der Waals surface area contributed by atoms with Crippen LogP contribution in [0, 0.1) is 6.92 Å². The Hall–Kier alpha value is -2.14. The van der Waals surface area contributed by atoms with Crippen molar-refractivity contribution in [3.63, 3.8) is 0 Å². The molecular formula is C18H23N3O2. The van der Waals surface area contributed by atoms with Gasteiger partial charge in [0.15, 0.2) is 0 Å². The van der Waals surface area contributed by atoms with E-state index in [0.717, 1.165) is 50.5 Å². The third-order valence-corrected chi connectivity index (χ3v) is 3.97. The Morgan fingerprint density at radius 2 is 1.91 bits per heavy atom. The minimum Gasteiger partial charge on any atom is -0.492 e. The molecule has 5 nitrogen and oxygen atoms in total. The number of nitrogens with zero attached hydrogens (tertiary/aromatic N) is 3. The summed E-state index contributed by atoms with van der Waals surface area (Å²) in [5.74, 6) is 1.57. The standard InChI is InChI=1S/C18H23N3O2/c1-15-13-19-14-18(20-15)23-17-7-9-21(10-8-17)11-12-22-16-5-3-2-4-6-16/h2-6,13-14,17H,7-12H2,1H3. The minimum absolute atomic E-state index is 0.234. The summed E-state index contributed by atoms with van der Waals surface area (Å²) in [7, 11) is 0. The molecule has 0 bridgehead atoms. The van der Waals surface area contributed by atoms with Gasteiger partial charge in [0.1, 0.15) is 18.5 Å². The van der Waals surface area contributed by atoms with Crippen molar-refractivity contribution >= 4 is 0 Å². The van der Waals surface area contributed by atoms with Gasteiger partial charge in [-0.25, -0.2) is 4.98 Å². The highest BCUT2D eigenvalue weighted by molar-refractivity contribution is 5.20. The SMILES string of the molecule is Cc1cncc(OC2CCN(CCOc3ccccc3)CC2)n1. The van der Waals surface area contributed by atoms with Crippen LogP contribution in [0.4, 0.5) is 0 Å². The fraction of sp³-hybridized carbons (Fsp3) is 0.444. The maximum atomic E-state index is 5.93. The van der Waals surface area contributed by atoms with Crippen molar-refractivity contribution in [1.29, 1.82) is 0 Å². The molecule has 0 amide bonds. The number of aromatic nitrogens is 2. The smallest absolute Gasteiger partial charge is 0.232 e. The summed E-state index contributed by atoms with van der Waals surface area (Å²) in [6.07, 6.45) is 5.69. The second-order valence-electron chi connectivity index (χ2n) is 5.82. The number of ether oxygens (including phenoxy) is 2. The Kier molecular flexibility index (Phi) is 5.42. The van der Waals surface area contributed by atoms with E-state index in [-0.39, 0.29) is 6.10 Å². The molecule has 1 aliphatic heterocycles. The predicted molar refractivity (Wildman–Crippen MR) is 88.8 cm³/mol. The van der Waals surface area contributed by atoms with Gasteiger partial charge in [0.25, 0.3) is 0 Å². The Balaban J connectivity index is 1.37. The third-order valence-electron chi connectivity index (χ3n) is 3.97. The predicted octanol–water partition coefficient (Wildman–Crippen LogP) is 2.71. The molecule has 0 spiro atoms. The summed E-state index contributed by atoms with van der Waals surface area (Å²) in [6.45, 7) is 5.66. The van der Waals surface area contributed by atoms with Crippen LogP contribution in [0.5, 0.6) is 11.6 Å². The summed E-state index contributed by atoms with van der Waals surface area (Å²) in [5.41, 5.74) is 0.887. The maximum absolute atomic E-state index is 5.93. The number of hydrogen-bond donors (Lipinski definition) is 0. The van der Waals surface area contributed by atoms with Crippen LogP contribution in [-0.4, -0.2) is 47.2 Å². The number of piperidine rings is 1. The second-order valence-corrected chi connectivity index (χ2v) is 5.82. The lowest BCUT2D eigenvalue weighted by molar-refractivity contribution is 0.0879. The van der Waals surface area contributed by atoms with E-state index < -0.39 is 0 Å². The molecule has 0 N–H and O–H groups in total. The molecule has 122 valence electrons. The summed E-state index contributed by atoms with van der Waals surface area (Å²) < 4.78 is 11.7. The molecule has 2 aromatic rings. The van der Waals surface area contributed by atoms with Crippen molar-refractivity contribution in [3.05, 3.63) is 48.4 Å². The van der Waals surface area contributed by atoms with Gasteiger partial charge < -0.3 is 9.47 Å². The number of benzene rings is 1. The highest BCUT2D eigenvalue weighted by atomic mass is 16.5. The first-order valence-corrected chi connectivity index (χ1v) is 8.15. The van der Waals surface area contributed by atoms with E-state index in [1.165, 1.54) is 0 Å². The van der Waals surface area contributed by atoms with Gasteiger partial charge in [0.2, 0.25) is 5.88 Å². The van der Waals surface area contributed by atoms with Crippen LogP contribution in [0.2, 0.25) is 0 Å². The zero-order valence-corrected chi connectivity index (χ0v) is 13.5. The van der Waals surface area contributed by atoms with Gasteiger partial charge in [-0.1, -0.05) is 18.2 Å². The Labute approximate surface area is 137 Å². The number of likely N-dealkylation sites (tertiary alicyclic amines) is 1. The number of para-hydroxylation sites is 1. The molecule has 0 aliphatic carbocycles. The van der Waals surface area contributed by atoms with E-state index in [4.69, 9.17) is 9.47 Å². The van der Waals surface area contributed by atoms with E-state index in [9.17, 15) is 0 Å². The molecule has 23 heavy (non-hydrogen) atoms. The van der Waals surface area contributed by atoms with Gasteiger partial charge in [-0.05, 0) is 31.9 Å². The molecule has 0 atom stereocenters. The van der Waals surface area contributed by atoms with E-state index >= 15 is 0 Å². The topological polar surface area (TPSA) is 47.5 Å². The normalized spacial score (nSPS) is 16.2. The van der Waals surface area contributed by atoms with Gasteiger partial charge in [0.05, 0.1) is 11.9 Å². The van der Waals surface area contributed by atoms with Gasteiger partial charge >= 0.3 is 0 Å². The summed E-state index contributed by atoms with van der Waals surface area (Å²) in [5, 5.41) is 0. The summed E-state index contributed by atoms with van der Waals surface area (Å²) in [4.78, 5) is 10.9. The molecule has 1 aromatic carbocycles. The minimum atomic E-state index is 0.234. The molecular weight excluding hydrogens is 290 g/mol. The van der Waals surface area contributed by atoms with E-state index in [0.29, 0.717) is 5.88 Å². The quantitative estimate of drug-likeness (QED) is 0.820. The fourth-order valence-corrected chi connectivity index (χ4v) is 2.73. The molecule has 0 saturated carbocycles. The lowest BCUT2D eigenvalue weighted by atomic mass is 10.1. The lowest BCUT2D eigenvalue weighted by Gasteiger charge is -2.31. The van der Waals surface area contributed by atoms with Crippen molar-refractivity contribution < 1.29 is 9.47 Å². The van der Waals surface area contributed by atoms with Crippen LogP contribution in [0.15, 0.2) is 42.7 Å². The molecule has 0 radical (unpaired) electrons. The van der Waals surface area contributed by atoms with Gasteiger partial charge in [-0.2, -0.15) is 0 Å². The summed E-state index contributed by atoms with van der Waals surface area (Å²) in [6, 6.07) is 9.96. The summed E-state index contributed by atoms with van der Waals surface area (Å²) >= 11 is 0. The monoisotopic (exact) mass is 313 g/mol. The van der Waals surface area contributed by atoms with Crippen LogP contribution >= 0.6 is 0 Å². The van der Waals surface area contributed by atoms with Gasteiger partial charge in [0, 0.05) is 25.8 Å². The number of aryl methyl sites for hydroxylation is 1.